The van der Waals surface area contributed by atoms with E-state index in [9.17, 15) is 18.5 Å². The number of nitrogens with zero attached hydrogens (tertiary/aromatic N) is 2. The van der Waals surface area contributed by atoms with E-state index in [4.69, 9.17) is 0 Å². The fourth-order valence-electron chi connectivity index (χ4n) is 1.62. The Kier molecular flexibility index (Phi) is 4.50. The first-order valence-electron chi connectivity index (χ1n) is 5.77. The Balaban J connectivity index is 2.33. The third-order valence-corrected chi connectivity index (χ3v) is 4.74. The minimum absolute atomic E-state index is 0.0255. The van der Waals surface area contributed by atoms with Crippen LogP contribution in [0.3, 0.4) is 0 Å². The Morgan fingerprint density at radius 2 is 2.19 bits per heavy atom. The number of nitro benzene ring substituents is 1. The van der Waals surface area contributed by atoms with Gasteiger partial charge in [0.2, 0.25) is 10.0 Å². The second-order valence-electron chi connectivity index (χ2n) is 3.99. The summed E-state index contributed by atoms with van der Waals surface area (Å²) in [6, 6.07) is 3.62. The van der Waals surface area contributed by atoms with Crippen LogP contribution in [0.1, 0.15) is 5.69 Å². The summed E-state index contributed by atoms with van der Waals surface area (Å²) in [5.41, 5.74) is 2.17. The number of rotatable bonds is 6. The zero-order valence-corrected chi connectivity index (χ0v) is 12.6. The van der Waals surface area contributed by atoms with Gasteiger partial charge in [0, 0.05) is 24.6 Å². The van der Waals surface area contributed by atoms with Crippen molar-refractivity contribution in [3.8, 4) is 0 Å². The van der Waals surface area contributed by atoms with E-state index in [-0.39, 0.29) is 22.8 Å². The maximum Gasteiger partial charge on any atom is 0.270 e. The van der Waals surface area contributed by atoms with Crippen LogP contribution in [0.25, 0.3) is 0 Å². The largest absolute Gasteiger partial charge is 0.387 e. The summed E-state index contributed by atoms with van der Waals surface area (Å²) < 4.78 is 26.9. The zero-order valence-electron chi connectivity index (χ0n) is 10.9. The maximum atomic E-state index is 12.3. The van der Waals surface area contributed by atoms with Crippen LogP contribution in [-0.2, 0) is 16.6 Å². The number of benzene rings is 1. The molecular weight excluding hydrogens is 316 g/mol. The van der Waals surface area contributed by atoms with Crippen molar-refractivity contribution < 1.29 is 13.3 Å². The standard InChI is InChI=1S/C11H12N4O4S2/c1-12-10-3-2-9(15(16)17)4-11(10)21(18,19)14-5-8-6-20-7-13-8/h2-4,6-7,12,14H,5H2,1H3. The van der Waals surface area contributed by atoms with E-state index < -0.39 is 14.9 Å². The summed E-state index contributed by atoms with van der Waals surface area (Å²) >= 11 is 1.35. The number of hydrogen-bond acceptors (Lipinski definition) is 7. The molecule has 0 saturated heterocycles. The number of hydrogen-bond donors (Lipinski definition) is 2. The molecule has 0 amide bonds. The molecule has 10 heteroatoms. The highest BCUT2D eigenvalue weighted by molar-refractivity contribution is 7.89. The molecule has 0 aliphatic heterocycles. The molecule has 1 aromatic heterocycles. The van der Waals surface area contributed by atoms with Crippen molar-refractivity contribution in [2.75, 3.05) is 12.4 Å². The summed E-state index contributed by atoms with van der Waals surface area (Å²) in [4.78, 5) is 13.9. The molecule has 0 aliphatic rings. The van der Waals surface area contributed by atoms with Crippen LogP contribution in [0, 0.1) is 10.1 Å². The minimum atomic E-state index is -3.89. The molecule has 0 atom stereocenters. The molecule has 112 valence electrons. The third-order valence-electron chi connectivity index (χ3n) is 2.66. The average molecular weight is 328 g/mol. The van der Waals surface area contributed by atoms with Crippen molar-refractivity contribution in [2.24, 2.45) is 0 Å². The summed E-state index contributed by atoms with van der Waals surface area (Å²) in [5, 5.41) is 15.2. The highest BCUT2D eigenvalue weighted by Crippen LogP contribution is 2.26. The Morgan fingerprint density at radius 1 is 1.43 bits per heavy atom. The van der Waals surface area contributed by atoms with Gasteiger partial charge in [0.05, 0.1) is 28.4 Å². The molecular formula is C11H12N4O4S2. The van der Waals surface area contributed by atoms with E-state index in [1.165, 1.54) is 23.5 Å². The minimum Gasteiger partial charge on any atom is -0.387 e. The fraction of sp³-hybridized carbons (Fsp3) is 0.182. The van der Waals surface area contributed by atoms with Gasteiger partial charge in [0.1, 0.15) is 4.90 Å². The number of nitrogens with one attached hydrogen (secondary N) is 2. The number of non-ortho nitro benzene ring substituents is 1. The predicted molar refractivity (Wildman–Crippen MR) is 78.8 cm³/mol. The summed E-state index contributed by atoms with van der Waals surface area (Å²) in [7, 11) is -2.35. The Morgan fingerprint density at radius 3 is 2.76 bits per heavy atom. The van der Waals surface area contributed by atoms with Crippen LogP contribution < -0.4 is 10.0 Å². The highest BCUT2D eigenvalue weighted by atomic mass is 32.2. The van der Waals surface area contributed by atoms with Crippen molar-refractivity contribution >= 4 is 32.7 Å². The van der Waals surface area contributed by atoms with Crippen LogP contribution in [0.4, 0.5) is 11.4 Å². The molecule has 1 aromatic carbocycles. The van der Waals surface area contributed by atoms with Crippen LogP contribution >= 0.6 is 11.3 Å². The predicted octanol–water partition coefficient (Wildman–Crippen LogP) is 1.57. The lowest BCUT2D eigenvalue weighted by Gasteiger charge is -2.10. The molecule has 1 heterocycles. The molecule has 0 fully saturated rings. The summed E-state index contributed by atoms with van der Waals surface area (Å²) in [6.07, 6.45) is 0. The lowest BCUT2D eigenvalue weighted by Crippen LogP contribution is -2.24. The quantitative estimate of drug-likeness (QED) is 0.614. The lowest BCUT2D eigenvalue weighted by molar-refractivity contribution is -0.385. The topological polar surface area (TPSA) is 114 Å². The van der Waals surface area contributed by atoms with Crippen LogP contribution in [-0.4, -0.2) is 25.4 Å². The van der Waals surface area contributed by atoms with Crippen LogP contribution in [0.2, 0.25) is 0 Å². The van der Waals surface area contributed by atoms with Crippen LogP contribution in [0.5, 0.6) is 0 Å². The lowest BCUT2D eigenvalue weighted by atomic mass is 10.3. The molecule has 0 unspecified atom stereocenters. The Hall–Kier alpha value is -2.04. The molecule has 8 nitrogen and oxygen atoms in total. The smallest absolute Gasteiger partial charge is 0.270 e. The number of anilines is 1. The monoisotopic (exact) mass is 328 g/mol. The van der Waals surface area contributed by atoms with Crippen molar-refractivity contribution in [3.63, 3.8) is 0 Å². The normalized spacial score (nSPS) is 11.3. The van der Waals surface area contributed by atoms with E-state index in [2.05, 4.69) is 15.0 Å². The summed E-state index contributed by atoms with van der Waals surface area (Å²) in [5.74, 6) is 0. The molecule has 21 heavy (non-hydrogen) atoms. The maximum absolute atomic E-state index is 12.3. The molecule has 0 bridgehead atoms. The van der Waals surface area contributed by atoms with Gasteiger partial charge in [0.25, 0.3) is 5.69 Å². The van der Waals surface area contributed by atoms with Gasteiger partial charge in [-0.2, -0.15) is 0 Å². The third kappa shape index (κ3) is 3.54. The SMILES string of the molecule is CNc1ccc([N+](=O)[O-])cc1S(=O)(=O)NCc1cscn1. The van der Waals surface area contributed by atoms with Gasteiger partial charge in [-0.3, -0.25) is 10.1 Å². The molecule has 2 rings (SSSR count). The first kappa shape index (κ1) is 15.4. The second kappa shape index (κ2) is 6.16. The van der Waals surface area contributed by atoms with E-state index in [1.54, 1.807) is 17.9 Å². The average Bonchev–Trinajstić information content (AvgIpc) is 2.98. The zero-order chi connectivity index (χ0) is 15.5. The van der Waals surface area contributed by atoms with Gasteiger partial charge in [0.15, 0.2) is 0 Å². The first-order chi connectivity index (χ1) is 9.94. The Labute approximate surface area is 125 Å². The van der Waals surface area contributed by atoms with Crippen molar-refractivity contribution in [2.45, 2.75) is 11.4 Å². The second-order valence-corrected chi connectivity index (χ2v) is 6.45. The molecule has 0 saturated carbocycles. The molecule has 2 N–H and O–H groups in total. The van der Waals surface area contributed by atoms with Crippen molar-refractivity contribution in [1.82, 2.24) is 9.71 Å². The van der Waals surface area contributed by atoms with E-state index in [0.717, 1.165) is 6.07 Å². The van der Waals surface area contributed by atoms with Gasteiger partial charge in [-0.15, -0.1) is 11.3 Å². The van der Waals surface area contributed by atoms with Crippen LogP contribution in [0.15, 0.2) is 34.0 Å². The molecule has 0 aliphatic carbocycles. The fourth-order valence-corrected chi connectivity index (χ4v) is 3.41. The van der Waals surface area contributed by atoms with Gasteiger partial charge < -0.3 is 5.32 Å². The van der Waals surface area contributed by atoms with Gasteiger partial charge in [-0.1, -0.05) is 0 Å². The number of sulfonamides is 1. The van der Waals surface area contributed by atoms with E-state index >= 15 is 0 Å². The summed E-state index contributed by atoms with van der Waals surface area (Å²) in [6.45, 7) is 0.0255. The van der Waals surface area contributed by atoms with Crippen molar-refractivity contribution in [3.05, 3.63) is 44.9 Å². The molecule has 0 radical (unpaired) electrons. The van der Waals surface area contributed by atoms with E-state index in [0.29, 0.717) is 5.69 Å². The van der Waals surface area contributed by atoms with Gasteiger partial charge in [-0.05, 0) is 6.07 Å². The van der Waals surface area contributed by atoms with E-state index in [1.807, 2.05) is 0 Å². The molecule has 0 spiro atoms. The molecule has 2 aromatic rings. The highest BCUT2D eigenvalue weighted by Gasteiger charge is 2.21. The first-order valence-corrected chi connectivity index (χ1v) is 8.19. The number of aromatic nitrogens is 1. The van der Waals surface area contributed by atoms with Crippen molar-refractivity contribution in [1.29, 1.82) is 0 Å². The number of nitro groups is 1. The van der Waals surface area contributed by atoms with Gasteiger partial charge in [-0.25, -0.2) is 18.1 Å². The number of thiazole rings is 1. The Bertz CT molecular complexity index is 744. The van der Waals surface area contributed by atoms with Gasteiger partial charge >= 0.3 is 0 Å².